The molecule has 5 heteroatoms. The van der Waals surface area contributed by atoms with E-state index in [2.05, 4.69) is 36.5 Å². The van der Waals surface area contributed by atoms with Crippen molar-refractivity contribution in [1.29, 1.82) is 0 Å². The third-order valence-electron chi connectivity index (χ3n) is 4.88. The number of aryl methyl sites for hydroxylation is 3. The van der Waals surface area contributed by atoms with Gasteiger partial charge in [0.25, 0.3) is 0 Å². The largest absolute Gasteiger partial charge is 0.462 e. The van der Waals surface area contributed by atoms with Gasteiger partial charge in [-0.1, -0.05) is 59.7 Å². The molecule has 0 bridgehead atoms. The molecule has 1 aromatic heterocycles. The second kappa shape index (κ2) is 10.2. The minimum Gasteiger partial charge on any atom is -0.462 e. The van der Waals surface area contributed by atoms with Gasteiger partial charge in [0.05, 0.1) is 6.61 Å². The first-order valence-corrected chi connectivity index (χ1v) is 11.1. The highest BCUT2D eigenvalue weighted by Crippen LogP contribution is 2.36. The lowest BCUT2D eigenvalue weighted by Crippen LogP contribution is -2.14. The molecule has 0 aliphatic rings. The molecule has 156 valence electrons. The van der Waals surface area contributed by atoms with Gasteiger partial charge in [0, 0.05) is 17.4 Å². The Kier molecular flexibility index (Phi) is 7.41. The van der Waals surface area contributed by atoms with E-state index in [1.165, 1.54) is 22.5 Å². The third kappa shape index (κ3) is 5.57. The molecular weight excluding hydrogens is 394 g/mol. The van der Waals surface area contributed by atoms with Crippen LogP contribution < -0.4 is 5.32 Å². The topological polar surface area (TPSA) is 55.4 Å². The number of rotatable bonds is 8. The Labute approximate surface area is 181 Å². The van der Waals surface area contributed by atoms with Crippen molar-refractivity contribution in [2.45, 2.75) is 40.0 Å². The number of hydrogen-bond acceptors (Lipinski definition) is 4. The maximum atomic E-state index is 12.6. The van der Waals surface area contributed by atoms with Gasteiger partial charge in [-0.3, -0.25) is 4.79 Å². The third-order valence-corrected chi connectivity index (χ3v) is 5.77. The SMILES string of the molecule is CCOC(=O)c1c(-c2ccc(C)cc2)csc1NC(=O)CCCc1ccc(C)cc1. The monoisotopic (exact) mass is 421 g/mol. The summed E-state index contributed by atoms with van der Waals surface area (Å²) in [5, 5.41) is 5.37. The average Bonchev–Trinajstić information content (AvgIpc) is 3.13. The van der Waals surface area contributed by atoms with Crippen molar-refractivity contribution in [2.24, 2.45) is 0 Å². The summed E-state index contributed by atoms with van der Waals surface area (Å²) in [6.07, 6.45) is 1.99. The van der Waals surface area contributed by atoms with E-state index >= 15 is 0 Å². The number of hydrogen-bond donors (Lipinski definition) is 1. The molecule has 1 amide bonds. The Balaban J connectivity index is 1.71. The summed E-state index contributed by atoms with van der Waals surface area (Å²) in [5.74, 6) is -0.505. The normalized spacial score (nSPS) is 10.6. The molecule has 0 spiro atoms. The first kappa shape index (κ1) is 21.8. The first-order valence-electron chi connectivity index (χ1n) is 10.2. The van der Waals surface area contributed by atoms with Gasteiger partial charge >= 0.3 is 5.97 Å². The van der Waals surface area contributed by atoms with E-state index < -0.39 is 5.97 Å². The number of ether oxygens (including phenoxy) is 1. The van der Waals surface area contributed by atoms with Crippen molar-refractivity contribution < 1.29 is 14.3 Å². The molecule has 1 N–H and O–H groups in total. The molecule has 30 heavy (non-hydrogen) atoms. The van der Waals surface area contributed by atoms with Crippen molar-refractivity contribution in [2.75, 3.05) is 11.9 Å². The van der Waals surface area contributed by atoms with Gasteiger partial charge in [-0.2, -0.15) is 0 Å². The van der Waals surface area contributed by atoms with E-state index in [0.29, 0.717) is 17.0 Å². The second-order valence-electron chi connectivity index (χ2n) is 7.33. The molecule has 3 aromatic rings. The average molecular weight is 422 g/mol. The van der Waals surface area contributed by atoms with Crippen molar-refractivity contribution in [3.05, 3.63) is 76.2 Å². The summed E-state index contributed by atoms with van der Waals surface area (Å²) in [4.78, 5) is 25.2. The standard InChI is InChI=1S/C25H27NO3S/c1-4-29-25(28)23-21(20-14-10-18(3)11-15-20)16-30-24(23)26-22(27)7-5-6-19-12-8-17(2)9-13-19/h8-16H,4-7H2,1-3H3,(H,26,27). The van der Waals surface area contributed by atoms with Crippen molar-refractivity contribution in [3.8, 4) is 11.1 Å². The number of thiophene rings is 1. The molecule has 3 rings (SSSR count). The predicted molar refractivity (Wildman–Crippen MR) is 123 cm³/mol. The maximum absolute atomic E-state index is 12.6. The molecular formula is C25H27NO3S. The van der Waals surface area contributed by atoms with Crippen LogP contribution in [0.15, 0.2) is 53.9 Å². The molecule has 0 aliphatic heterocycles. The fourth-order valence-electron chi connectivity index (χ4n) is 3.20. The molecule has 0 atom stereocenters. The fourth-order valence-corrected chi connectivity index (χ4v) is 4.17. The number of amides is 1. The molecule has 0 radical (unpaired) electrons. The van der Waals surface area contributed by atoms with Gasteiger partial charge in [0.1, 0.15) is 10.6 Å². The summed E-state index contributed by atoms with van der Waals surface area (Å²) >= 11 is 1.36. The summed E-state index contributed by atoms with van der Waals surface area (Å²) in [6.45, 7) is 6.14. The van der Waals surface area contributed by atoms with E-state index in [4.69, 9.17) is 4.74 Å². The maximum Gasteiger partial charge on any atom is 0.341 e. The van der Waals surface area contributed by atoms with Crippen LogP contribution in [0.25, 0.3) is 11.1 Å². The van der Waals surface area contributed by atoms with E-state index in [0.717, 1.165) is 29.5 Å². The van der Waals surface area contributed by atoms with E-state index in [9.17, 15) is 9.59 Å². The Morgan fingerprint density at radius 1 is 0.967 bits per heavy atom. The van der Waals surface area contributed by atoms with Crippen LogP contribution in [0.1, 0.15) is 46.8 Å². The Bertz CT molecular complexity index is 1000. The first-order chi connectivity index (χ1) is 14.5. The minimum absolute atomic E-state index is 0.0926. The van der Waals surface area contributed by atoms with Crippen LogP contribution in [0.5, 0.6) is 0 Å². The van der Waals surface area contributed by atoms with Gasteiger partial charge in [-0.05, 0) is 44.7 Å². The summed E-state index contributed by atoms with van der Waals surface area (Å²) in [7, 11) is 0. The van der Waals surface area contributed by atoms with E-state index in [1.807, 2.05) is 36.6 Å². The lowest BCUT2D eigenvalue weighted by Gasteiger charge is -2.09. The summed E-state index contributed by atoms with van der Waals surface area (Å²) in [5.41, 5.74) is 5.74. The van der Waals surface area contributed by atoms with Crippen LogP contribution in [0.2, 0.25) is 0 Å². The lowest BCUT2D eigenvalue weighted by molar-refractivity contribution is -0.116. The zero-order chi connectivity index (χ0) is 21.5. The van der Waals surface area contributed by atoms with Crippen LogP contribution in [0, 0.1) is 13.8 Å². The Hall–Kier alpha value is -2.92. The van der Waals surface area contributed by atoms with Crippen molar-refractivity contribution in [1.82, 2.24) is 0 Å². The molecule has 0 unspecified atom stereocenters. The lowest BCUT2D eigenvalue weighted by atomic mass is 10.0. The molecule has 0 fully saturated rings. The van der Waals surface area contributed by atoms with Crippen molar-refractivity contribution >= 4 is 28.2 Å². The molecule has 0 aliphatic carbocycles. The second-order valence-corrected chi connectivity index (χ2v) is 8.21. The number of carbonyl (C=O) groups is 2. The zero-order valence-corrected chi connectivity index (χ0v) is 18.5. The summed E-state index contributed by atoms with van der Waals surface area (Å²) in [6, 6.07) is 16.3. The van der Waals surface area contributed by atoms with Gasteiger partial charge in [-0.25, -0.2) is 4.79 Å². The van der Waals surface area contributed by atoms with Crippen LogP contribution in [0.3, 0.4) is 0 Å². The van der Waals surface area contributed by atoms with Gasteiger partial charge in [0.15, 0.2) is 0 Å². The number of esters is 1. The van der Waals surface area contributed by atoms with E-state index in [1.54, 1.807) is 6.92 Å². The predicted octanol–water partition coefficient (Wildman–Crippen LogP) is 6.17. The number of anilines is 1. The molecule has 2 aromatic carbocycles. The zero-order valence-electron chi connectivity index (χ0n) is 17.7. The van der Waals surface area contributed by atoms with Crippen LogP contribution >= 0.6 is 11.3 Å². The minimum atomic E-state index is -0.413. The highest BCUT2D eigenvalue weighted by Gasteiger charge is 2.22. The van der Waals surface area contributed by atoms with Crippen LogP contribution in [-0.4, -0.2) is 18.5 Å². The molecule has 4 nitrogen and oxygen atoms in total. The van der Waals surface area contributed by atoms with E-state index in [-0.39, 0.29) is 12.5 Å². The highest BCUT2D eigenvalue weighted by atomic mass is 32.1. The number of benzene rings is 2. The van der Waals surface area contributed by atoms with Crippen LogP contribution in [-0.2, 0) is 16.0 Å². The van der Waals surface area contributed by atoms with Crippen molar-refractivity contribution in [3.63, 3.8) is 0 Å². The molecule has 0 saturated heterocycles. The van der Waals surface area contributed by atoms with Gasteiger partial charge in [-0.15, -0.1) is 11.3 Å². The fraction of sp³-hybridized carbons (Fsp3) is 0.280. The Morgan fingerprint density at radius 2 is 1.60 bits per heavy atom. The Morgan fingerprint density at radius 3 is 2.23 bits per heavy atom. The van der Waals surface area contributed by atoms with Crippen LogP contribution in [0.4, 0.5) is 5.00 Å². The molecule has 1 heterocycles. The molecule has 0 saturated carbocycles. The number of nitrogens with one attached hydrogen (secondary N) is 1. The summed E-state index contributed by atoms with van der Waals surface area (Å²) < 4.78 is 5.26. The van der Waals surface area contributed by atoms with Gasteiger partial charge < -0.3 is 10.1 Å². The quantitative estimate of drug-likeness (QED) is 0.443. The highest BCUT2D eigenvalue weighted by molar-refractivity contribution is 7.15. The van der Waals surface area contributed by atoms with Gasteiger partial charge in [0.2, 0.25) is 5.91 Å². The smallest absolute Gasteiger partial charge is 0.341 e. The number of carbonyl (C=O) groups excluding carboxylic acids is 2.